The van der Waals surface area contributed by atoms with Gasteiger partial charge in [0.1, 0.15) is 6.04 Å². The molecule has 6 nitrogen and oxygen atoms in total. The zero-order valence-electron chi connectivity index (χ0n) is 10.7. The molecule has 2 rings (SSSR count). The molecule has 2 aliphatic rings. The largest absolute Gasteiger partial charge is 0.481 e. The maximum Gasteiger partial charge on any atom is 0.329 e. The molecule has 1 heterocycles. The van der Waals surface area contributed by atoms with Crippen molar-refractivity contribution in [2.75, 3.05) is 24.7 Å². The predicted molar refractivity (Wildman–Crippen MR) is 68.7 cm³/mol. The van der Waals surface area contributed by atoms with Crippen LogP contribution in [0.15, 0.2) is 0 Å². The van der Waals surface area contributed by atoms with E-state index in [0.29, 0.717) is 18.7 Å². The third-order valence-corrected chi connectivity index (χ3v) is 4.42. The normalized spacial score (nSPS) is 29.7. The van der Waals surface area contributed by atoms with E-state index >= 15 is 0 Å². The predicted octanol–water partition coefficient (Wildman–Crippen LogP) is 0.214. The van der Waals surface area contributed by atoms with Crippen molar-refractivity contribution in [1.29, 1.82) is 0 Å². The van der Waals surface area contributed by atoms with Gasteiger partial charge in [-0.15, -0.1) is 0 Å². The van der Waals surface area contributed by atoms with Crippen LogP contribution in [0, 0.1) is 11.8 Å². The fraction of sp³-hybridized carbons (Fsp3) is 0.750. The zero-order chi connectivity index (χ0) is 14.0. The minimum absolute atomic E-state index is 0.217. The van der Waals surface area contributed by atoms with E-state index in [1.165, 1.54) is 4.90 Å². The Morgan fingerprint density at radius 2 is 2.11 bits per heavy atom. The number of nitrogens with zero attached hydrogens (tertiary/aromatic N) is 1. The second kappa shape index (κ2) is 5.81. The molecule has 1 aliphatic heterocycles. The number of rotatable bonds is 4. The van der Waals surface area contributed by atoms with Gasteiger partial charge in [0, 0.05) is 18.1 Å². The molecule has 1 N–H and O–H groups in total. The number of carboxylic acids is 1. The van der Waals surface area contributed by atoms with Crippen molar-refractivity contribution in [3.8, 4) is 0 Å². The van der Waals surface area contributed by atoms with Crippen molar-refractivity contribution in [1.82, 2.24) is 4.90 Å². The van der Waals surface area contributed by atoms with Crippen molar-refractivity contribution in [3.63, 3.8) is 0 Å². The summed E-state index contributed by atoms with van der Waals surface area (Å²) in [6, 6.07) is -0.568. The Labute approximate surface area is 115 Å². The molecule has 3 unspecified atom stereocenters. The van der Waals surface area contributed by atoms with Gasteiger partial charge < -0.3 is 14.7 Å². The van der Waals surface area contributed by atoms with Gasteiger partial charge in [-0.1, -0.05) is 0 Å². The highest BCUT2D eigenvalue weighted by atomic mass is 32.2. The van der Waals surface area contributed by atoms with Gasteiger partial charge in [-0.2, -0.15) is 11.8 Å². The van der Waals surface area contributed by atoms with Crippen molar-refractivity contribution in [2.24, 2.45) is 11.8 Å². The summed E-state index contributed by atoms with van der Waals surface area (Å²) >= 11 is 1.61. The molecule has 1 saturated heterocycles. The van der Waals surface area contributed by atoms with E-state index in [-0.39, 0.29) is 12.5 Å². The van der Waals surface area contributed by atoms with Gasteiger partial charge in [0.2, 0.25) is 5.91 Å². The average Bonchev–Trinajstić information content (AvgIpc) is 3.18. The molecule has 1 aliphatic carbocycles. The Balaban J connectivity index is 2.01. The molecule has 106 valence electrons. The monoisotopic (exact) mass is 287 g/mol. The molecule has 19 heavy (non-hydrogen) atoms. The van der Waals surface area contributed by atoms with Crippen LogP contribution >= 0.6 is 11.8 Å². The minimum atomic E-state index is -0.933. The first-order valence-electron chi connectivity index (χ1n) is 6.34. The Kier molecular flexibility index (Phi) is 4.34. The van der Waals surface area contributed by atoms with Crippen LogP contribution in [-0.4, -0.2) is 58.6 Å². The zero-order valence-corrected chi connectivity index (χ0v) is 11.5. The van der Waals surface area contributed by atoms with Crippen LogP contribution in [0.4, 0.5) is 0 Å². The number of carbonyl (C=O) groups is 3. The number of hydrogen-bond acceptors (Lipinski definition) is 5. The minimum Gasteiger partial charge on any atom is -0.481 e. The summed E-state index contributed by atoms with van der Waals surface area (Å²) in [4.78, 5) is 36.4. The topological polar surface area (TPSA) is 83.9 Å². The van der Waals surface area contributed by atoms with E-state index in [0.717, 1.165) is 5.75 Å². The van der Waals surface area contributed by atoms with Gasteiger partial charge >= 0.3 is 11.9 Å². The highest BCUT2D eigenvalue weighted by molar-refractivity contribution is 7.99. The van der Waals surface area contributed by atoms with E-state index in [1.54, 1.807) is 18.7 Å². The molecule has 0 aromatic rings. The van der Waals surface area contributed by atoms with E-state index in [4.69, 9.17) is 9.84 Å². The number of esters is 1. The molecule has 1 saturated carbocycles. The Bertz CT molecular complexity index is 400. The Morgan fingerprint density at radius 1 is 1.37 bits per heavy atom. The van der Waals surface area contributed by atoms with Crippen LogP contribution < -0.4 is 0 Å². The summed E-state index contributed by atoms with van der Waals surface area (Å²) in [5.74, 6) is -1.29. The molecule has 0 aromatic carbocycles. The van der Waals surface area contributed by atoms with Gasteiger partial charge in [0.25, 0.3) is 0 Å². The second-order valence-corrected chi connectivity index (χ2v) is 5.81. The van der Waals surface area contributed by atoms with Crippen LogP contribution in [0.1, 0.15) is 13.3 Å². The summed E-state index contributed by atoms with van der Waals surface area (Å²) in [7, 11) is 0. The number of amides is 1. The van der Waals surface area contributed by atoms with Gasteiger partial charge in [0.15, 0.2) is 0 Å². The summed E-state index contributed by atoms with van der Waals surface area (Å²) in [5.41, 5.74) is 0. The number of carboxylic acid groups (broad SMARTS) is 1. The molecule has 0 aromatic heterocycles. The number of carbonyl (C=O) groups excluding carboxylic acids is 2. The van der Waals surface area contributed by atoms with Crippen LogP contribution in [0.25, 0.3) is 0 Å². The fourth-order valence-electron chi connectivity index (χ4n) is 2.26. The van der Waals surface area contributed by atoms with Crippen LogP contribution in [0.5, 0.6) is 0 Å². The first kappa shape index (κ1) is 14.2. The lowest BCUT2D eigenvalue weighted by atomic mass is 10.2. The molecule has 7 heteroatoms. The van der Waals surface area contributed by atoms with Crippen molar-refractivity contribution in [3.05, 3.63) is 0 Å². The highest BCUT2D eigenvalue weighted by Crippen LogP contribution is 2.41. The maximum absolute atomic E-state index is 12.2. The summed E-state index contributed by atoms with van der Waals surface area (Å²) in [6.45, 7) is 2.49. The van der Waals surface area contributed by atoms with Gasteiger partial charge in [-0.25, -0.2) is 4.79 Å². The Hall–Kier alpha value is -1.24. The molecular weight excluding hydrogens is 270 g/mol. The van der Waals surface area contributed by atoms with Crippen LogP contribution in [0.2, 0.25) is 0 Å². The molecular formula is C12H17NO5S. The molecule has 0 spiro atoms. The number of hydrogen-bond donors (Lipinski definition) is 1. The molecule has 2 fully saturated rings. The third kappa shape index (κ3) is 3.02. The number of ether oxygens (including phenoxy) is 1. The maximum atomic E-state index is 12.2. The lowest BCUT2D eigenvalue weighted by molar-refractivity contribution is -0.154. The molecule has 3 atom stereocenters. The van der Waals surface area contributed by atoms with E-state index in [1.807, 2.05) is 0 Å². The standard InChI is InChI=1S/C12H17NO5S/c1-2-18-12(17)9-6-19-4-3-13(9)10(14)7-5-8(7)11(15)16/h7-9H,2-6H2,1H3,(H,15,16). The summed E-state index contributed by atoms with van der Waals surface area (Å²) in [6.07, 6.45) is 0.382. The average molecular weight is 287 g/mol. The van der Waals surface area contributed by atoms with Gasteiger partial charge in [-0.05, 0) is 13.3 Å². The third-order valence-electron chi connectivity index (χ3n) is 3.40. The quantitative estimate of drug-likeness (QED) is 0.744. The lowest BCUT2D eigenvalue weighted by Gasteiger charge is -2.33. The molecule has 0 bridgehead atoms. The van der Waals surface area contributed by atoms with E-state index in [2.05, 4.69) is 0 Å². The summed E-state index contributed by atoms with van der Waals surface area (Å²) in [5, 5.41) is 8.86. The lowest BCUT2D eigenvalue weighted by Crippen LogP contribution is -2.51. The summed E-state index contributed by atoms with van der Waals surface area (Å²) < 4.78 is 4.97. The van der Waals surface area contributed by atoms with Crippen LogP contribution in [-0.2, 0) is 19.1 Å². The van der Waals surface area contributed by atoms with E-state index < -0.39 is 29.8 Å². The fourth-order valence-corrected chi connectivity index (χ4v) is 3.29. The van der Waals surface area contributed by atoms with Crippen molar-refractivity contribution >= 4 is 29.6 Å². The van der Waals surface area contributed by atoms with Gasteiger partial charge in [-0.3, -0.25) is 9.59 Å². The number of thioether (sulfide) groups is 1. The molecule has 1 amide bonds. The molecule has 0 radical (unpaired) electrons. The number of aliphatic carboxylic acids is 1. The van der Waals surface area contributed by atoms with Crippen LogP contribution in [0.3, 0.4) is 0 Å². The smallest absolute Gasteiger partial charge is 0.329 e. The van der Waals surface area contributed by atoms with Gasteiger partial charge in [0.05, 0.1) is 18.4 Å². The highest BCUT2D eigenvalue weighted by Gasteiger charge is 2.51. The first-order chi connectivity index (χ1) is 9.06. The van der Waals surface area contributed by atoms with Crippen molar-refractivity contribution in [2.45, 2.75) is 19.4 Å². The second-order valence-electron chi connectivity index (χ2n) is 4.66. The van der Waals surface area contributed by atoms with E-state index in [9.17, 15) is 14.4 Å². The SMILES string of the molecule is CCOC(=O)C1CSCCN1C(=O)C1CC1C(=O)O. The van der Waals surface area contributed by atoms with Crippen molar-refractivity contribution < 1.29 is 24.2 Å². The first-order valence-corrected chi connectivity index (χ1v) is 7.49. The Morgan fingerprint density at radius 3 is 2.68 bits per heavy atom.